The SMILES string of the molecule is CCCCCCC/C=C\CCCCCCCC(=O)OC(COC(=O)CCCCCCCCCC)COC1OC(CO)C(O)C(O)C1O. The Labute approximate surface area is 284 Å². The molecule has 1 aliphatic heterocycles. The lowest BCUT2D eigenvalue weighted by atomic mass is 9.99. The van der Waals surface area contributed by atoms with Crippen LogP contribution < -0.4 is 0 Å². The van der Waals surface area contributed by atoms with Gasteiger partial charge in [0.05, 0.1) is 13.2 Å². The number of esters is 2. The van der Waals surface area contributed by atoms with E-state index in [1.165, 1.54) is 70.6 Å². The molecule has 1 saturated heterocycles. The van der Waals surface area contributed by atoms with Crippen molar-refractivity contribution in [3.05, 3.63) is 12.2 Å². The van der Waals surface area contributed by atoms with Gasteiger partial charge in [0.2, 0.25) is 0 Å². The Hall–Kier alpha value is -1.56. The Balaban J connectivity index is 2.41. The van der Waals surface area contributed by atoms with E-state index in [9.17, 15) is 30.0 Å². The van der Waals surface area contributed by atoms with E-state index in [2.05, 4.69) is 26.0 Å². The Kier molecular flexibility index (Phi) is 27.2. The average molecular weight is 673 g/mol. The average Bonchev–Trinajstić information content (AvgIpc) is 3.07. The zero-order valence-corrected chi connectivity index (χ0v) is 29.5. The summed E-state index contributed by atoms with van der Waals surface area (Å²) in [5.74, 6) is -0.819. The van der Waals surface area contributed by atoms with Crippen LogP contribution in [-0.4, -0.2) is 89.0 Å². The first kappa shape index (κ1) is 43.5. The van der Waals surface area contributed by atoms with Crippen molar-refractivity contribution in [2.24, 2.45) is 0 Å². The van der Waals surface area contributed by atoms with Crippen molar-refractivity contribution in [1.29, 1.82) is 0 Å². The third kappa shape index (κ3) is 21.9. The summed E-state index contributed by atoms with van der Waals surface area (Å²) >= 11 is 0. The normalized spacial score (nSPS) is 22.0. The predicted molar refractivity (Wildman–Crippen MR) is 183 cm³/mol. The topological polar surface area (TPSA) is 152 Å². The van der Waals surface area contributed by atoms with Crippen LogP contribution >= 0.6 is 0 Å². The lowest BCUT2D eigenvalue weighted by Crippen LogP contribution is -2.59. The smallest absolute Gasteiger partial charge is 0.306 e. The third-order valence-electron chi connectivity index (χ3n) is 8.65. The number of carbonyl (C=O) groups is 2. The number of carbonyl (C=O) groups excluding carboxylic acids is 2. The highest BCUT2D eigenvalue weighted by Crippen LogP contribution is 2.22. The summed E-state index contributed by atoms with van der Waals surface area (Å²) in [6.07, 6.45) is 19.5. The number of aliphatic hydroxyl groups excluding tert-OH is 4. The molecule has 0 aromatic heterocycles. The lowest BCUT2D eigenvalue weighted by molar-refractivity contribution is -0.305. The van der Waals surface area contributed by atoms with E-state index in [1.807, 2.05) is 0 Å². The van der Waals surface area contributed by atoms with Crippen molar-refractivity contribution in [1.82, 2.24) is 0 Å². The van der Waals surface area contributed by atoms with Gasteiger partial charge in [-0.2, -0.15) is 0 Å². The van der Waals surface area contributed by atoms with E-state index >= 15 is 0 Å². The van der Waals surface area contributed by atoms with Crippen LogP contribution in [0.4, 0.5) is 0 Å². The first-order chi connectivity index (χ1) is 22.8. The second kappa shape index (κ2) is 29.4. The van der Waals surface area contributed by atoms with Gasteiger partial charge in [-0.1, -0.05) is 116 Å². The van der Waals surface area contributed by atoms with Crippen molar-refractivity contribution in [2.75, 3.05) is 19.8 Å². The molecule has 10 nitrogen and oxygen atoms in total. The molecule has 6 unspecified atom stereocenters. The molecule has 47 heavy (non-hydrogen) atoms. The van der Waals surface area contributed by atoms with Crippen molar-refractivity contribution in [3.63, 3.8) is 0 Å². The second-order valence-corrected chi connectivity index (χ2v) is 13.0. The second-order valence-electron chi connectivity index (χ2n) is 13.0. The minimum Gasteiger partial charge on any atom is -0.462 e. The standard InChI is InChI=1S/C37H68O10/c1-3-5-7-9-11-13-14-15-16-17-18-20-22-24-26-33(40)46-30(28-44-32(39)25-23-21-19-12-10-8-6-4-2)29-45-37-36(43)35(42)34(41)31(27-38)47-37/h14-15,30-31,34-38,41-43H,3-13,16-29H2,1-2H3/b15-14-. The minimum atomic E-state index is -1.59. The number of rotatable bonds is 30. The van der Waals surface area contributed by atoms with E-state index in [0.29, 0.717) is 6.42 Å². The molecular formula is C37H68O10. The van der Waals surface area contributed by atoms with E-state index in [-0.39, 0.29) is 32.0 Å². The monoisotopic (exact) mass is 672 g/mol. The Morgan fingerprint density at radius 2 is 1.13 bits per heavy atom. The molecule has 0 amide bonds. The van der Waals surface area contributed by atoms with Gasteiger partial charge in [0, 0.05) is 12.8 Å². The van der Waals surface area contributed by atoms with Gasteiger partial charge in [-0.3, -0.25) is 9.59 Å². The molecule has 1 aliphatic rings. The largest absolute Gasteiger partial charge is 0.462 e. The van der Waals surface area contributed by atoms with Gasteiger partial charge in [0.15, 0.2) is 12.4 Å². The zero-order valence-electron chi connectivity index (χ0n) is 29.5. The molecule has 6 atom stereocenters. The van der Waals surface area contributed by atoms with Gasteiger partial charge in [0.25, 0.3) is 0 Å². The maximum Gasteiger partial charge on any atom is 0.306 e. The summed E-state index contributed by atoms with van der Waals surface area (Å²) in [5.41, 5.74) is 0. The van der Waals surface area contributed by atoms with E-state index in [4.69, 9.17) is 18.9 Å². The maximum absolute atomic E-state index is 12.6. The number of hydrogen-bond acceptors (Lipinski definition) is 10. The molecule has 0 radical (unpaired) electrons. The Morgan fingerprint density at radius 3 is 1.66 bits per heavy atom. The van der Waals surface area contributed by atoms with Crippen molar-refractivity contribution < 1.29 is 49.0 Å². The van der Waals surface area contributed by atoms with E-state index in [0.717, 1.165) is 51.4 Å². The van der Waals surface area contributed by atoms with Gasteiger partial charge in [-0.05, 0) is 38.5 Å². The summed E-state index contributed by atoms with van der Waals surface area (Å²) < 4.78 is 22.0. The van der Waals surface area contributed by atoms with E-state index < -0.39 is 49.4 Å². The van der Waals surface area contributed by atoms with Crippen molar-refractivity contribution in [2.45, 2.75) is 192 Å². The summed E-state index contributed by atoms with van der Waals surface area (Å²) in [4.78, 5) is 25.0. The first-order valence-corrected chi connectivity index (χ1v) is 18.8. The zero-order chi connectivity index (χ0) is 34.5. The van der Waals surface area contributed by atoms with Crippen LogP contribution in [0.3, 0.4) is 0 Å². The molecule has 4 N–H and O–H groups in total. The fraction of sp³-hybridized carbons (Fsp3) is 0.892. The summed E-state index contributed by atoms with van der Waals surface area (Å²) in [7, 11) is 0. The fourth-order valence-corrected chi connectivity index (χ4v) is 5.59. The molecule has 1 heterocycles. The fourth-order valence-electron chi connectivity index (χ4n) is 5.59. The minimum absolute atomic E-state index is 0.217. The van der Waals surface area contributed by atoms with Crippen LogP contribution in [0, 0.1) is 0 Å². The summed E-state index contributed by atoms with van der Waals surface area (Å²) in [6.45, 7) is 3.35. The Morgan fingerprint density at radius 1 is 0.638 bits per heavy atom. The number of unbranched alkanes of at least 4 members (excludes halogenated alkanes) is 17. The third-order valence-corrected chi connectivity index (χ3v) is 8.65. The van der Waals surface area contributed by atoms with Gasteiger partial charge in [0.1, 0.15) is 31.0 Å². The predicted octanol–water partition coefficient (Wildman–Crippen LogP) is 6.44. The molecule has 10 heteroatoms. The molecule has 0 aromatic rings. The molecule has 1 rings (SSSR count). The van der Waals surface area contributed by atoms with Gasteiger partial charge in [-0.15, -0.1) is 0 Å². The van der Waals surface area contributed by atoms with Gasteiger partial charge in [-0.25, -0.2) is 0 Å². The van der Waals surface area contributed by atoms with Crippen LogP contribution in [0.15, 0.2) is 12.2 Å². The quantitative estimate of drug-likeness (QED) is 0.0381. The molecule has 0 aliphatic carbocycles. The molecule has 0 aromatic carbocycles. The maximum atomic E-state index is 12.6. The highest BCUT2D eigenvalue weighted by molar-refractivity contribution is 5.70. The van der Waals surface area contributed by atoms with Crippen molar-refractivity contribution >= 4 is 11.9 Å². The number of allylic oxidation sites excluding steroid dienone is 2. The van der Waals surface area contributed by atoms with Crippen molar-refractivity contribution in [3.8, 4) is 0 Å². The number of ether oxygens (including phenoxy) is 4. The molecular weight excluding hydrogens is 604 g/mol. The van der Waals surface area contributed by atoms with Crippen LogP contribution in [0.5, 0.6) is 0 Å². The molecule has 0 saturated carbocycles. The van der Waals surface area contributed by atoms with Gasteiger partial charge >= 0.3 is 11.9 Å². The molecule has 0 spiro atoms. The molecule has 276 valence electrons. The first-order valence-electron chi connectivity index (χ1n) is 18.8. The lowest BCUT2D eigenvalue weighted by Gasteiger charge is -2.39. The van der Waals surface area contributed by atoms with Crippen LogP contribution in [0.2, 0.25) is 0 Å². The van der Waals surface area contributed by atoms with Crippen LogP contribution in [0.25, 0.3) is 0 Å². The Bertz CT molecular complexity index is 789. The van der Waals surface area contributed by atoms with Gasteiger partial charge < -0.3 is 39.4 Å². The number of hydrogen-bond donors (Lipinski definition) is 4. The number of aliphatic hydroxyl groups is 4. The van der Waals surface area contributed by atoms with Crippen LogP contribution in [0.1, 0.15) is 155 Å². The van der Waals surface area contributed by atoms with Crippen LogP contribution in [-0.2, 0) is 28.5 Å². The highest BCUT2D eigenvalue weighted by Gasteiger charge is 2.44. The summed E-state index contributed by atoms with van der Waals surface area (Å²) in [5, 5.41) is 39.8. The van der Waals surface area contributed by atoms with E-state index in [1.54, 1.807) is 0 Å². The summed E-state index contributed by atoms with van der Waals surface area (Å²) in [6, 6.07) is 0. The molecule has 0 bridgehead atoms. The highest BCUT2D eigenvalue weighted by atomic mass is 16.7. The molecule has 1 fully saturated rings.